The van der Waals surface area contributed by atoms with Crippen molar-refractivity contribution in [3.05, 3.63) is 84.4 Å². The van der Waals surface area contributed by atoms with Crippen LogP contribution in [0.3, 0.4) is 0 Å². The average molecular weight is 474 g/mol. The highest BCUT2D eigenvalue weighted by Crippen LogP contribution is 2.38. The highest BCUT2D eigenvalue weighted by atomic mass is 16.3. The molecule has 0 fully saturated rings. The molecule has 4 aromatic carbocycles. The molecule has 1 heterocycles. The largest absolute Gasteiger partial charge is 0.390 e. The molecule has 0 unspecified atom stereocenters. The van der Waals surface area contributed by atoms with E-state index in [0.29, 0.717) is 0 Å². The minimum atomic E-state index is -0.765. The van der Waals surface area contributed by atoms with Gasteiger partial charge in [-0.25, -0.2) is 0 Å². The maximum Gasteiger partial charge on any atom is 0.153 e. The van der Waals surface area contributed by atoms with Gasteiger partial charge in [-0.3, -0.25) is 0 Å². The molecule has 1 aromatic heterocycles. The summed E-state index contributed by atoms with van der Waals surface area (Å²) >= 11 is 0. The number of aromatic nitrogens is 1. The standard InChI is InChI=1S/C33H37BNO/c1-31(2,3)22-16-18-23(19-17-22)35-29-15-11-10-13-25(29)27-20-28(34-21-32(4,5)33(6,7)36)24-12-8-9-14-26(24)30(27)35/h8-20,36H,21H2,1-7H3. The molecule has 0 aliphatic heterocycles. The van der Waals surface area contributed by atoms with Crippen LogP contribution in [0.15, 0.2) is 78.9 Å². The first-order valence-corrected chi connectivity index (χ1v) is 13.0. The lowest BCUT2D eigenvalue weighted by atomic mass is 9.55. The van der Waals surface area contributed by atoms with Crippen LogP contribution in [-0.2, 0) is 5.41 Å². The maximum atomic E-state index is 10.7. The Bertz CT molecular complexity index is 1560. The van der Waals surface area contributed by atoms with E-state index in [9.17, 15) is 5.11 Å². The van der Waals surface area contributed by atoms with E-state index in [-0.39, 0.29) is 10.8 Å². The van der Waals surface area contributed by atoms with Gasteiger partial charge >= 0.3 is 0 Å². The predicted molar refractivity (Wildman–Crippen MR) is 157 cm³/mol. The number of nitrogens with zero attached hydrogens (tertiary/aromatic N) is 1. The maximum absolute atomic E-state index is 10.7. The lowest BCUT2D eigenvalue weighted by Crippen LogP contribution is -2.40. The molecule has 5 aromatic rings. The smallest absolute Gasteiger partial charge is 0.153 e. The summed E-state index contributed by atoms with van der Waals surface area (Å²) in [7, 11) is 2.31. The molecule has 0 amide bonds. The van der Waals surface area contributed by atoms with Crippen molar-refractivity contribution >= 4 is 45.3 Å². The monoisotopic (exact) mass is 474 g/mol. The van der Waals surface area contributed by atoms with Crippen LogP contribution in [0.2, 0.25) is 6.32 Å². The lowest BCUT2D eigenvalue weighted by Gasteiger charge is -2.37. The van der Waals surface area contributed by atoms with E-state index in [1.165, 1.54) is 49.3 Å². The van der Waals surface area contributed by atoms with Gasteiger partial charge in [0.15, 0.2) is 7.28 Å². The lowest BCUT2D eigenvalue weighted by molar-refractivity contribution is -0.0236. The number of benzene rings is 4. The summed E-state index contributed by atoms with van der Waals surface area (Å²) in [5, 5.41) is 15.7. The second-order valence-corrected chi connectivity index (χ2v) is 12.4. The SMILES string of the molecule is CC(C)(C)c1ccc(-n2c3ccccc3c3cc([B]CC(C)(C)C(C)(C)O)c4ccccc4c32)cc1. The molecule has 2 nitrogen and oxygen atoms in total. The Labute approximate surface area is 216 Å². The summed E-state index contributed by atoms with van der Waals surface area (Å²) in [6, 6.07) is 28.8. The zero-order chi connectivity index (χ0) is 25.9. The molecule has 183 valence electrons. The van der Waals surface area contributed by atoms with Gasteiger partial charge in [0, 0.05) is 21.8 Å². The van der Waals surface area contributed by atoms with Gasteiger partial charge in [-0.15, -0.1) is 0 Å². The fraction of sp³-hybridized carbons (Fsp3) is 0.333. The Morgan fingerprint density at radius 1 is 0.694 bits per heavy atom. The minimum absolute atomic E-state index is 0.119. The predicted octanol–water partition coefficient (Wildman–Crippen LogP) is 7.78. The highest BCUT2D eigenvalue weighted by molar-refractivity contribution is 6.58. The molecule has 0 saturated carbocycles. The van der Waals surface area contributed by atoms with Gasteiger partial charge in [-0.1, -0.05) is 107 Å². The Hall–Kier alpha value is -3.04. The van der Waals surface area contributed by atoms with E-state index in [1.807, 2.05) is 13.8 Å². The first-order chi connectivity index (χ1) is 16.9. The molecule has 0 aliphatic rings. The number of rotatable bonds is 5. The van der Waals surface area contributed by atoms with Crippen LogP contribution in [-0.4, -0.2) is 22.6 Å². The number of fused-ring (bicyclic) bond motifs is 5. The Balaban J connectivity index is 1.76. The molecule has 5 rings (SSSR count). The van der Waals surface area contributed by atoms with E-state index in [1.54, 1.807) is 0 Å². The van der Waals surface area contributed by atoms with Crippen molar-refractivity contribution in [2.45, 2.75) is 65.8 Å². The Morgan fingerprint density at radius 3 is 1.89 bits per heavy atom. The highest BCUT2D eigenvalue weighted by Gasteiger charge is 2.34. The summed E-state index contributed by atoms with van der Waals surface area (Å²) in [6.07, 6.45) is 0.791. The summed E-state index contributed by atoms with van der Waals surface area (Å²) in [5.41, 5.74) is 5.31. The zero-order valence-corrected chi connectivity index (χ0v) is 22.7. The first kappa shape index (κ1) is 24.7. The molecule has 0 aliphatic carbocycles. The van der Waals surface area contributed by atoms with Crippen molar-refractivity contribution in [1.29, 1.82) is 0 Å². The number of aliphatic hydroxyl groups is 1. The second-order valence-electron chi connectivity index (χ2n) is 12.4. The Morgan fingerprint density at radius 2 is 1.28 bits per heavy atom. The van der Waals surface area contributed by atoms with Crippen molar-refractivity contribution in [2.75, 3.05) is 0 Å². The molecule has 1 radical (unpaired) electrons. The van der Waals surface area contributed by atoms with Crippen molar-refractivity contribution < 1.29 is 5.11 Å². The topological polar surface area (TPSA) is 25.2 Å². The van der Waals surface area contributed by atoms with E-state index in [0.717, 1.165) is 6.32 Å². The van der Waals surface area contributed by atoms with E-state index in [4.69, 9.17) is 0 Å². The Kier molecular flexibility index (Phi) is 5.84. The third kappa shape index (κ3) is 4.14. The van der Waals surface area contributed by atoms with Crippen LogP contribution < -0.4 is 5.46 Å². The third-order valence-electron chi connectivity index (χ3n) is 8.19. The third-order valence-corrected chi connectivity index (χ3v) is 8.19. The van der Waals surface area contributed by atoms with Gasteiger partial charge in [0.25, 0.3) is 0 Å². The number of hydrogen-bond donors (Lipinski definition) is 1. The normalized spacial score (nSPS) is 13.1. The van der Waals surface area contributed by atoms with Crippen LogP contribution >= 0.6 is 0 Å². The van der Waals surface area contributed by atoms with Gasteiger partial charge in [-0.05, 0) is 53.8 Å². The van der Waals surface area contributed by atoms with Gasteiger partial charge in [0.2, 0.25) is 0 Å². The van der Waals surface area contributed by atoms with Crippen LogP contribution in [0.25, 0.3) is 38.3 Å². The van der Waals surface area contributed by atoms with Gasteiger partial charge in [-0.2, -0.15) is 0 Å². The van der Waals surface area contributed by atoms with Crippen molar-refractivity contribution in [1.82, 2.24) is 4.57 Å². The molecule has 36 heavy (non-hydrogen) atoms. The van der Waals surface area contributed by atoms with E-state index < -0.39 is 5.60 Å². The van der Waals surface area contributed by atoms with Crippen LogP contribution in [0.5, 0.6) is 0 Å². The number of para-hydroxylation sites is 1. The molecule has 0 atom stereocenters. The fourth-order valence-electron chi connectivity index (χ4n) is 5.01. The van der Waals surface area contributed by atoms with E-state index >= 15 is 0 Å². The first-order valence-electron chi connectivity index (χ1n) is 13.0. The molecule has 0 saturated heterocycles. The average Bonchev–Trinajstić information content (AvgIpc) is 3.16. The quantitative estimate of drug-likeness (QED) is 0.259. The summed E-state index contributed by atoms with van der Waals surface area (Å²) in [4.78, 5) is 0. The van der Waals surface area contributed by atoms with Crippen LogP contribution in [0, 0.1) is 5.41 Å². The second kappa shape index (κ2) is 8.52. The fourth-order valence-corrected chi connectivity index (χ4v) is 5.01. The van der Waals surface area contributed by atoms with Gasteiger partial charge in [0.05, 0.1) is 16.6 Å². The summed E-state index contributed by atoms with van der Waals surface area (Å²) in [5.74, 6) is 0. The van der Waals surface area contributed by atoms with Crippen molar-refractivity contribution in [3.8, 4) is 5.69 Å². The van der Waals surface area contributed by atoms with Gasteiger partial charge in [0.1, 0.15) is 0 Å². The molecular weight excluding hydrogens is 437 g/mol. The molecule has 1 N–H and O–H groups in total. The molecular formula is C33H37BNO. The zero-order valence-electron chi connectivity index (χ0n) is 22.7. The molecule has 0 bridgehead atoms. The summed E-state index contributed by atoms with van der Waals surface area (Å²) in [6.45, 7) is 14.9. The van der Waals surface area contributed by atoms with Crippen molar-refractivity contribution in [3.63, 3.8) is 0 Å². The van der Waals surface area contributed by atoms with Crippen molar-refractivity contribution in [2.24, 2.45) is 5.41 Å². The molecule has 3 heteroatoms. The van der Waals surface area contributed by atoms with Crippen LogP contribution in [0.4, 0.5) is 0 Å². The van der Waals surface area contributed by atoms with Gasteiger partial charge < -0.3 is 9.67 Å². The van der Waals surface area contributed by atoms with Crippen LogP contribution in [0.1, 0.15) is 54.0 Å². The van der Waals surface area contributed by atoms with E-state index in [2.05, 4.69) is 125 Å². The minimum Gasteiger partial charge on any atom is -0.390 e. The number of hydrogen-bond acceptors (Lipinski definition) is 1. The molecule has 0 spiro atoms. The summed E-state index contributed by atoms with van der Waals surface area (Å²) < 4.78 is 2.42.